The monoisotopic (exact) mass is 474 g/mol. The van der Waals surface area contributed by atoms with E-state index in [2.05, 4.69) is 15.3 Å². The summed E-state index contributed by atoms with van der Waals surface area (Å²) in [4.78, 5) is 31.0. The standard InChI is InChI=1S/C25H22N4O4S/c1-14(32-17-7-5-15(6-8-17)11-22-24(30)29-25(31)34-22)23-27-20-10-9-19(13-21(20)28-23)33-18-4-2-3-16(26)12-18/h2-10,12-14,22H,11,26H2,1H3,(H,27,28)(H,29,30,31). The summed E-state index contributed by atoms with van der Waals surface area (Å²) in [5.74, 6) is 2.47. The molecular weight excluding hydrogens is 452 g/mol. The molecule has 0 spiro atoms. The third kappa shape index (κ3) is 4.84. The molecule has 8 nitrogen and oxygen atoms in total. The lowest BCUT2D eigenvalue weighted by Gasteiger charge is -2.13. The van der Waals surface area contributed by atoms with Gasteiger partial charge in [-0.15, -0.1) is 0 Å². The van der Waals surface area contributed by atoms with Gasteiger partial charge in [-0.25, -0.2) is 4.98 Å². The van der Waals surface area contributed by atoms with Crippen LogP contribution in [0.5, 0.6) is 17.2 Å². The highest BCUT2D eigenvalue weighted by Crippen LogP contribution is 2.29. The molecule has 1 aromatic heterocycles. The van der Waals surface area contributed by atoms with Gasteiger partial charge in [0.05, 0.1) is 16.3 Å². The van der Waals surface area contributed by atoms with Crippen LogP contribution in [0.1, 0.15) is 24.4 Å². The molecule has 1 fully saturated rings. The number of thioether (sulfide) groups is 1. The van der Waals surface area contributed by atoms with Crippen molar-refractivity contribution in [1.29, 1.82) is 0 Å². The largest absolute Gasteiger partial charge is 0.483 e. The summed E-state index contributed by atoms with van der Waals surface area (Å²) in [6.07, 6.45) is 0.173. The number of benzene rings is 3. The third-order valence-electron chi connectivity index (χ3n) is 5.37. The van der Waals surface area contributed by atoms with E-state index in [1.54, 1.807) is 12.1 Å². The van der Waals surface area contributed by atoms with Crippen molar-refractivity contribution in [3.05, 3.63) is 78.1 Å². The molecule has 0 bridgehead atoms. The van der Waals surface area contributed by atoms with Crippen molar-refractivity contribution in [2.45, 2.75) is 24.7 Å². The molecule has 2 atom stereocenters. The third-order valence-corrected chi connectivity index (χ3v) is 6.36. The summed E-state index contributed by atoms with van der Waals surface area (Å²) in [7, 11) is 0. The van der Waals surface area contributed by atoms with Gasteiger partial charge >= 0.3 is 0 Å². The molecule has 2 amide bonds. The molecule has 0 radical (unpaired) electrons. The number of nitrogens with two attached hydrogens (primary N) is 1. The Hall–Kier alpha value is -3.98. The van der Waals surface area contributed by atoms with Crippen molar-refractivity contribution in [3.8, 4) is 17.2 Å². The molecule has 1 aliphatic heterocycles. The van der Waals surface area contributed by atoms with E-state index in [4.69, 9.17) is 15.2 Å². The van der Waals surface area contributed by atoms with Gasteiger partial charge in [0.15, 0.2) is 6.10 Å². The number of hydrogen-bond acceptors (Lipinski definition) is 7. The lowest BCUT2D eigenvalue weighted by Crippen LogP contribution is -2.25. The number of aromatic nitrogens is 2. The maximum atomic E-state index is 11.8. The average molecular weight is 475 g/mol. The Labute approximate surface area is 199 Å². The summed E-state index contributed by atoms with van der Waals surface area (Å²) < 4.78 is 12.0. The number of aromatic amines is 1. The van der Waals surface area contributed by atoms with Crippen LogP contribution in [0.25, 0.3) is 11.0 Å². The van der Waals surface area contributed by atoms with E-state index in [1.807, 2.05) is 61.5 Å². The smallest absolute Gasteiger partial charge is 0.286 e. The Morgan fingerprint density at radius 3 is 2.53 bits per heavy atom. The predicted octanol–water partition coefficient (Wildman–Crippen LogP) is 4.97. The first-order valence-electron chi connectivity index (χ1n) is 10.7. The topological polar surface area (TPSA) is 119 Å². The van der Waals surface area contributed by atoms with E-state index in [1.165, 1.54) is 0 Å². The molecule has 2 unspecified atom stereocenters. The number of nitrogens with one attached hydrogen (secondary N) is 2. The van der Waals surface area contributed by atoms with Gasteiger partial charge in [-0.1, -0.05) is 30.0 Å². The number of hydrogen-bond donors (Lipinski definition) is 3. The minimum atomic E-state index is -0.387. The van der Waals surface area contributed by atoms with Crippen LogP contribution in [0.15, 0.2) is 66.7 Å². The number of ether oxygens (including phenoxy) is 2. The van der Waals surface area contributed by atoms with Gasteiger partial charge in [-0.3, -0.25) is 14.9 Å². The lowest BCUT2D eigenvalue weighted by atomic mass is 10.1. The number of carbonyl (C=O) groups is 2. The molecule has 4 aromatic rings. The number of imidazole rings is 1. The van der Waals surface area contributed by atoms with Crippen LogP contribution >= 0.6 is 11.8 Å². The summed E-state index contributed by atoms with van der Waals surface area (Å²) in [5, 5.41) is 1.63. The number of fused-ring (bicyclic) bond motifs is 1. The van der Waals surface area contributed by atoms with Crippen LogP contribution in [0.4, 0.5) is 10.5 Å². The highest BCUT2D eigenvalue weighted by Gasteiger charge is 2.31. The van der Waals surface area contributed by atoms with Gasteiger partial charge in [-0.05, 0) is 55.3 Å². The summed E-state index contributed by atoms with van der Waals surface area (Å²) in [5.41, 5.74) is 9.06. The minimum Gasteiger partial charge on any atom is -0.483 e. The number of nitrogens with zero attached hydrogens (tertiary/aromatic N) is 1. The Balaban J connectivity index is 1.24. The number of anilines is 1. The van der Waals surface area contributed by atoms with Crippen LogP contribution in [0, 0.1) is 0 Å². The molecule has 1 aliphatic rings. The second-order valence-corrected chi connectivity index (χ2v) is 9.14. The lowest BCUT2D eigenvalue weighted by molar-refractivity contribution is -0.118. The molecule has 172 valence electrons. The Morgan fingerprint density at radius 1 is 1.03 bits per heavy atom. The van der Waals surface area contributed by atoms with Gasteiger partial charge < -0.3 is 20.2 Å². The fraction of sp³-hybridized carbons (Fsp3) is 0.160. The number of amides is 2. The van der Waals surface area contributed by atoms with Gasteiger partial charge in [0.2, 0.25) is 5.91 Å². The molecule has 0 saturated carbocycles. The fourth-order valence-corrected chi connectivity index (χ4v) is 4.54. The van der Waals surface area contributed by atoms with E-state index in [-0.39, 0.29) is 22.5 Å². The molecule has 1 saturated heterocycles. The number of H-pyrrole nitrogens is 1. The maximum Gasteiger partial charge on any atom is 0.286 e. The van der Waals surface area contributed by atoms with Crippen molar-refractivity contribution in [1.82, 2.24) is 15.3 Å². The van der Waals surface area contributed by atoms with Gasteiger partial charge in [0.1, 0.15) is 23.1 Å². The number of carbonyl (C=O) groups excluding carboxylic acids is 2. The van der Waals surface area contributed by atoms with Crippen LogP contribution in [-0.2, 0) is 11.2 Å². The molecular formula is C25H22N4O4S. The van der Waals surface area contributed by atoms with Gasteiger partial charge in [-0.2, -0.15) is 0 Å². The second kappa shape index (κ2) is 9.11. The van der Waals surface area contributed by atoms with E-state index in [9.17, 15) is 9.59 Å². The zero-order valence-electron chi connectivity index (χ0n) is 18.3. The molecule has 0 aliphatic carbocycles. The van der Waals surface area contributed by atoms with Gasteiger partial charge in [0.25, 0.3) is 5.24 Å². The SMILES string of the molecule is CC(Oc1ccc(CC2SC(=O)NC2=O)cc1)c1nc2ccc(Oc3cccc(N)c3)cc2[nH]1. The van der Waals surface area contributed by atoms with Crippen LogP contribution in [-0.4, -0.2) is 26.4 Å². The van der Waals surface area contributed by atoms with Crippen LogP contribution < -0.4 is 20.5 Å². The number of imide groups is 1. The van der Waals surface area contributed by atoms with Crippen molar-refractivity contribution in [2.75, 3.05) is 5.73 Å². The first-order chi connectivity index (χ1) is 16.4. The molecule has 9 heteroatoms. The normalized spacial score (nSPS) is 16.4. The van der Waals surface area contributed by atoms with Crippen LogP contribution in [0.2, 0.25) is 0 Å². The first-order valence-corrected chi connectivity index (χ1v) is 11.6. The van der Waals surface area contributed by atoms with Crippen LogP contribution in [0.3, 0.4) is 0 Å². The molecule has 2 heterocycles. The zero-order chi connectivity index (χ0) is 23.7. The van der Waals surface area contributed by atoms with E-state index in [0.717, 1.165) is 28.4 Å². The average Bonchev–Trinajstić information content (AvgIpc) is 3.37. The first kappa shape index (κ1) is 21.8. The Kier molecular flexibility index (Phi) is 5.85. The predicted molar refractivity (Wildman–Crippen MR) is 131 cm³/mol. The number of nitrogen functional groups attached to an aromatic ring is 1. The molecule has 4 N–H and O–H groups in total. The Bertz CT molecular complexity index is 1370. The minimum absolute atomic E-state index is 0.240. The summed E-state index contributed by atoms with van der Waals surface area (Å²) in [6, 6.07) is 20.4. The van der Waals surface area contributed by atoms with Crippen molar-refractivity contribution < 1.29 is 19.1 Å². The molecule has 3 aromatic carbocycles. The summed E-state index contributed by atoms with van der Waals surface area (Å²) >= 11 is 1.03. The quantitative estimate of drug-likeness (QED) is 0.324. The van der Waals surface area contributed by atoms with Gasteiger partial charge in [0, 0.05) is 17.8 Å². The van der Waals surface area contributed by atoms with E-state index >= 15 is 0 Å². The Morgan fingerprint density at radius 2 is 1.79 bits per heavy atom. The van der Waals surface area contributed by atoms with E-state index < -0.39 is 0 Å². The van der Waals surface area contributed by atoms with Crippen molar-refractivity contribution in [3.63, 3.8) is 0 Å². The highest BCUT2D eigenvalue weighted by molar-refractivity contribution is 8.15. The molecule has 34 heavy (non-hydrogen) atoms. The fourth-order valence-electron chi connectivity index (χ4n) is 3.68. The van der Waals surface area contributed by atoms with Crippen molar-refractivity contribution >= 4 is 39.6 Å². The number of rotatable bonds is 7. The summed E-state index contributed by atoms with van der Waals surface area (Å²) in [6.45, 7) is 1.92. The van der Waals surface area contributed by atoms with Crippen molar-refractivity contribution in [2.24, 2.45) is 0 Å². The second-order valence-electron chi connectivity index (χ2n) is 7.97. The maximum absolute atomic E-state index is 11.8. The van der Waals surface area contributed by atoms with E-state index in [0.29, 0.717) is 35.2 Å². The highest BCUT2D eigenvalue weighted by atomic mass is 32.2. The molecule has 5 rings (SSSR count). The zero-order valence-corrected chi connectivity index (χ0v) is 19.1.